The quantitative estimate of drug-likeness (QED) is 0.494. The van der Waals surface area contributed by atoms with Crippen molar-refractivity contribution in [3.63, 3.8) is 0 Å². The topological polar surface area (TPSA) is 46.5 Å². The van der Waals surface area contributed by atoms with Gasteiger partial charge in [0.05, 0.1) is 17.5 Å². The summed E-state index contributed by atoms with van der Waals surface area (Å²) in [6.45, 7) is 2.92. The molecule has 0 saturated carbocycles. The maximum Gasteiger partial charge on any atom is 0.261 e. The summed E-state index contributed by atoms with van der Waals surface area (Å²) in [7, 11) is 5.51. The predicted octanol–water partition coefficient (Wildman–Crippen LogP) is 4.75. The Kier molecular flexibility index (Phi) is 5.20. The Hall–Kier alpha value is -2.83. The molecule has 2 aromatic heterocycles. The second kappa shape index (κ2) is 8.02. The average Bonchev–Trinajstić information content (AvgIpc) is 3.49. The normalized spacial score (nSPS) is 16.9. The number of methoxy groups -OCH3 is 1. The maximum atomic E-state index is 12.6. The highest BCUT2D eigenvalue weighted by Crippen LogP contribution is 2.40. The van der Waals surface area contributed by atoms with E-state index in [1.807, 2.05) is 12.1 Å². The molecular weight excluding hydrogens is 406 g/mol. The van der Waals surface area contributed by atoms with E-state index in [1.54, 1.807) is 25.5 Å². The highest BCUT2D eigenvalue weighted by atomic mass is 32.1. The number of hydrogen-bond donors (Lipinski definition) is 1. The van der Waals surface area contributed by atoms with Gasteiger partial charge < -0.3 is 14.6 Å². The van der Waals surface area contributed by atoms with Crippen LogP contribution in [0.1, 0.15) is 33.1 Å². The summed E-state index contributed by atoms with van der Waals surface area (Å²) in [6.07, 6.45) is 3.30. The van der Waals surface area contributed by atoms with Gasteiger partial charge in [-0.05, 0) is 47.7 Å². The molecule has 1 aliphatic rings. The molecule has 31 heavy (non-hydrogen) atoms. The van der Waals surface area contributed by atoms with Crippen molar-refractivity contribution in [3.05, 3.63) is 64.7 Å². The number of nitrogens with zero attached hydrogens (tertiary/aromatic N) is 2. The monoisotopic (exact) mass is 433 g/mol. The Labute approximate surface area is 186 Å². The number of carbonyl (C=O) groups is 1. The number of rotatable bonds is 5. The third-order valence-corrected chi connectivity index (χ3v) is 7.61. The van der Waals surface area contributed by atoms with Crippen molar-refractivity contribution in [2.45, 2.75) is 18.9 Å². The van der Waals surface area contributed by atoms with E-state index in [0.29, 0.717) is 5.92 Å². The second-order valence-electron chi connectivity index (χ2n) is 8.29. The molecule has 1 fully saturated rings. The van der Waals surface area contributed by atoms with Crippen LogP contribution < -0.4 is 10.1 Å². The number of thiophene rings is 1. The van der Waals surface area contributed by atoms with Gasteiger partial charge in [-0.2, -0.15) is 0 Å². The zero-order valence-electron chi connectivity index (χ0n) is 18.1. The standard InChI is InChI=1S/C25H27N3O2S/c1-26-25(29)24-23(20-6-4-5-7-22(20)31-24)16-10-11-28(14-16)15-17-13-27(2)21-12-18(30-3)8-9-19(17)21/h4-9,12-13,16H,10-11,14-15H2,1-3H3,(H,26,29). The molecule has 1 aliphatic heterocycles. The fraction of sp³-hybridized carbons (Fsp3) is 0.320. The lowest BCUT2D eigenvalue weighted by Gasteiger charge is -2.16. The Balaban J connectivity index is 1.43. The molecule has 6 heteroatoms. The van der Waals surface area contributed by atoms with Crippen LogP contribution in [0.2, 0.25) is 0 Å². The highest BCUT2D eigenvalue weighted by molar-refractivity contribution is 7.21. The Morgan fingerprint density at radius 3 is 2.87 bits per heavy atom. The van der Waals surface area contributed by atoms with Crippen LogP contribution in [0.25, 0.3) is 21.0 Å². The van der Waals surface area contributed by atoms with Crippen molar-refractivity contribution in [1.29, 1.82) is 0 Å². The molecule has 4 aromatic rings. The number of amides is 1. The average molecular weight is 434 g/mol. The molecule has 2 aromatic carbocycles. The van der Waals surface area contributed by atoms with E-state index in [0.717, 1.165) is 36.7 Å². The molecule has 1 amide bonds. The van der Waals surface area contributed by atoms with E-state index < -0.39 is 0 Å². The first-order valence-electron chi connectivity index (χ1n) is 10.7. The first kappa shape index (κ1) is 20.1. The van der Waals surface area contributed by atoms with Crippen LogP contribution in [0, 0.1) is 0 Å². The highest BCUT2D eigenvalue weighted by Gasteiger charge is 2.30. The van der Waals surface area contributed by atoms with Gasteiger partial charge in [-0.15, -0.1) is 11.3 Å². The summed E-state index contributed by atoms with van der Waals surface area (Å²) in [5.41, 5.74) is 3.75. The summed E-state index contributed by atoms with van der Waals surface area (Å²) >= 11 is 1.61. The molecule has 3 heterocycles. The lowest BCUT2D eigenvalue weighted by molar-refractivity contribution is 0.0966. The van der Waals surface area contributed by atoms with Crippen LogP contribution in [0.5, 0.6) is 5.75 Å². The maximum absolute atomic E-state index is 12.6. The molecule has 5 nitrogen and oxygen atoms in total. The number of ether oxygens (including phenoxy) is 1. The lowest BCUT2D eigenvalue weighted by atomic mass is 9.95. The van der Waals surface area contributed by atoms with E-state index in [4.69, 9.17) is 4.74 Å². The third kappa shape index (κ3) is 3.50. The van der Waals surface area contributed by atoms with E-state index in [9.17, 15) is 4.79 Å². The minimum Gasteiger partial charge on any atom is -0.497 e. The summed E-state index contributed by atoms with van der Waals surface area (Å²) in [4.78, 5) is 16.0. The van der Waals surface area contributed by atoms with Gasteiger partial charge in [-0.1, -0.05) is 18.2 Å². The molecule has 0 spiro atoms. The number of carbonyl (C=O) groups excluding carboxylic acids is 1. The van der Waals surface area contributed by atoms with Crippen LogP contribution in [-0.4, -0.2) is 42.6 Å². The van der Waals surface area contributed by atoms with Crippen LogP contribution in [0.15, 0.2) is 48.7 Å². The Morgan fingerprint density at radius 2 is 2.06 bits per heavy atom. The van der Waals surface area contributed by atoms with Crippen molar-refractivity contribution in [2.75, 3.05) is 27.2 Å². The van der Waals surface area contributed by atoms with E-state index >= 15 is 0 Å². The number of fused-ring (bicyclic) bond motifs is 2. The fourth-order valence-electron chi connectivity index (χ4n) is 4.91. The summed E-state index contributed by atoms with van der Waals surface area (Å²) in [5, 5.41) is 5.34. The smallest absolute Gasteiger partial charge is 0.261 e. The summed E-state index contributed by atoms with van der Waals surface area (Å²) < 4.78 is 8.76. The SMILES string of the molecule is CNC(=O)c1sc2ccccc2c1C1CCN(Cc2cn(C)c3cc(OC)ccc23)C1. The third-order valence-electron chi connectivity index (χ3n) is 6.42. The minimum atomic E-state index is 0.0256. The number of aromatic nitrogens is 1. The van der Waals surface area contributed by atoms with E-state index in [2.05, 4.69) is 58.4 Å². The fourth-order valence-corrected chi connectivity index (χ4v) is 6.14. The Bertz CT molecular complexity index is 1270. The zero-order valence-corrected chi connectivity index (χ0v) is 19.0. The minimum absolute atomic E-state index is 0.0256. The van der Waals surface area contributed by atoms with Gasteiger partial charge in [0.15, 0.2) is 0 Å². The largest absolute Gasteiger partial charge is 0.497 e. The predicted molar refractivity (Wildman–Crippen MR) is 127 cm³/mol. The molecule has 1 atom stereocenters. The molecule has 0 radical (unpaired) electrons. The van der Waals surface area contributed by atoms with Gasteiger partial charge in [0.25, 0.3) is 5.91 Å². The molecular formula is C25H27N3O2S. The first-order valence-corrected chi connectivity index (χ1v) is 11.5. The molecule has 1 saturated heterocycles. The second-order valence-corrected chi connectivity index (χ2v) is 9.34. The first-order chi connectivity index (χ1) is 15.1. The number of benzene rings is 2. The van der Waals surface area contributed by atoms with Crippen molar-refractivity contribution in [3.8, 4) is 5.75 Å². The van der Waals surface area contributed by atoms with Gasteiger partial charge in [0, 0.05) is 55.5 Å². The Morgan fingerprint density at radius 1 is 1.23 bits per heavy atom. The molecule has 5 rings (SSSR count). The molecule has 1 unspecified atom stereocenters. The van der Waals surface area contributed by atoms with Crippen molar-refractivity contribution in [2.24, 2.45) is 7.05 Å². The van der Waals surface area contributed by atoms with Crippen molar-refractivity contribution >= 4 is 38.2 Å². The zero-order chi connectivity index (χ0) is 21.5. The molecule has 160 valence electrons. The van der Waals surface area contributed by atoms with Gasteiger partial charge >= 0.3 is 0 Å². The van der Waals surface area contributed by atoms with Gasteiger partial charge in [-0.3, -0.25) is 9.69 Å². The van der Waals surface area contributed by atoms with E-state index in [1.165, 1.54) is 32.1 Å². The number of aryl methyl sites for hydroxylation is 1. The molecule has 1 N–H and O–H groups in total. The number of hydrogen-bond acceptors (Lipinski definition) is 4. The summed E-state index contributed by atoms with van der Waals surface area (Å²) in [6, 6.07) is 14.7. The van der Waals surface area contributed by atoms with Crippen LogP contribution >= 0.6 is 11.3 Å². The van der Waals surface area contributed by atoms with Crippen molar-refractivity contribution < 1.29 is 9.53 Å². The summed E-state index contributed by atoms with van der Waals surface area (Å²) in [5.74, 6) is 1.28. The lowest BCUT2D eigenvalue weighted by Crippen LogP contribution is -2.21. The van der Waals surface area contributed by atoms with Crippen molar-refractivity contribution in [1.82, 2.24) is 14.8 Å². The van der Waals surface area contributed by atoms with Crippen LogP contribution in [0.3, 0.4) is 0 Å². The molecule has 0 bridgehead atoms. The van der Waals surface area contributed by atoms with Gasteiger partial charge in [0.1, 0.15) is 5.75 Å². The number of likely N-dealkylation sites (tertiary alicyclic amines) is 1. The van der Waals surface area contributed by atoms with Gasteiger partial charge in [0.2, 0.25) is 0 Å². The van der Waals surface area contributed by atoms with Crippen LogP contribution in [0.4, 0.5) is 0 Å². The van der Waals surface area contributed by atoms with Gasteiger partial charge in [-0.25, -0.2) is 0 Å². The van der Waals surface area contributed by atoms with Crippen LogP contribution in [-0.2, 0) is 13.6 Å². The number of nitrogens with one attached hydrogen (secondary N) is 1. The van der Waals surface area contributed by atoms with E-state index in [-0.39, 0.29) is 5.91 Å². The molecule has 0 aliphatic carbocycles.